The van der Waals surface area contributed by atoms with Crippen molar-refractivity contribution < 1.29 is 4.79 Å². The van der Waals surface area contributed by atoms with Crippen LogP contribution in [0.4, 0.5) is 5.69 Å². The molecule has 1 heterocycles. The molecule has 0 aliphatic heterocycles. The highest BCUT2D eigenvalue weighted by atomic mass is 16.1. The summed E-state index contributed by atoms with van der Waals surface area (Å²) in [6, 6.07) is 7.72. The Morgan fingerprint density at radius 3 is 2.59 bits per heavy atom. The Balaban J connectivity index is 1.96. The van der Waals surface area contributed by atoms with E-state index in [-0.39, 0.29) is 5.91 Å². The van der Waals surface area contributed by atoms with Gasteiger partial charge in [0.15, 0.2) is 0 Å². The molecule has 1 aromatic carbocycles. The number of rotatable bonds is 6. The van der Waals surface area contributed by atoms with Crippen LogP contribution < -0.4 is 11.1 Å². The van der Waals surface area contributed by atoms with Gasteiger partial charge >= 0.3 is 0 Å². The number of nitrogen functional groups attached to an aromatic ring is 1. The van der Waals surface area contributed by atoms with E-state index in [2.05, 4.69) is 17.3 Å². The van der Waals surface area contributed by atoms with E-state index >= 15 is 0 Å². The summed E-state index contributed by atoms with van der Waals surface area (Å²) < 4.78 is 1.91. The summed E-state index contributed by atoms with van der Waals surface area (Å²) in [5.41, 5.74) is 9.99. The summed E-state index contributed by atoms with van der Waals surface area (Å²) in [4.78, 5) is 12.4. The van der Waals surface area contributed by atoms with Crippen molar-refractivity contribution in [1.82, 2.24) is 15.1 Å². The van der Waals surface area contributed by atoms with Crippen LogP contribution in [0, 0.1) is 13.8 Å². The van der Waals surface area contributed by atoms with Crippen LogP contribution in [-0.2, 0) is 13.0 Å². The van der Waals surface area contributed by atoms with Gasteiger partial charge in [-0.05, 0) is 44.4 Å². The molecule has 0 fully saturated rings. The van der Waals surface area contributed by atoms with E-state index in [1.165, 1.54) is 0 Å². The average Bonchev–Trinajstić information content (AvgIpc) is 2.76. The molecule has 0 aliphatic carbocycles. The smallest absolute Gasteiger partial charge is 0.255 e. The zero-order valence-electron chi connectivity index (χ0n) is 13.5. The number of hydrogen-bond acceptors (Lipinski definition) is 3. The maximum absolute atomic E-state index is 12.4. The molecule has 5 heteroatoms. The van der Waals surface area contributed by atoms with E-state index in [4.69, 9.17) is 5.73 Å². The molecule has 2 rings (SSSR count). The number of hydrogen-bond donors (Lipinski definition) is 2. The van der Waals surface area contributed by atoms with Crippen LogP contribution in [0.3, 0.4) is 0 Å². The van der Waals surface area contributed by atoms with Gasteiger partial charge in [-0.25, -0.2) is 0 Å². The number of carbonyl (C=O) groups excluding carboxylic acids is 1. The summed E-state index contributed by atoms with van der Waals surface area (Å²) in [6.45, 7) is 7.37. The van der Waals surface area contributed by atoms with E-state index in [9.17, 15) is 4.79 Å². The molecule has 1 amide bonds. The predicted molar refractivity (Wildman–Crippen MR) is 88.9 cm³/mol. The van der Waals surface area contributed by atoms with Crippen molar-refractivity contribution in [3.05, 3.63) is 46.8 Å². The fraction of sp³-hybridized carbons (Fsp3) is 0.412. The van der Waals surface area contributed by atoms with Crippen molar-refractivity contribution in [3.8, 4) is 0 Å². The highest BCUT2D eigenvalue weighted by molar-refractivity contribution is 5.96. The highest BCUT2D eigenvalue weighted by Gasteiger charge is 2.17. The van der Waals surface area contributed by atoms with Crippen molar-refractivity contribution >= 4 is 11.6 Å². The molecule has 22 heavy (non-hydrogen) atoms. The Hall–Kier alpha value is -2.30. The summed E-state index contributed by atoms with van der Waals surface area (Å²) in [7, 11) is 0. The minimum atomic E-state index is -0.0483. The molecule has 1 aromatic heterocycles. The molecular formula is C17H24N4O. The molecule has 118 valence electrons. The third-order valence-corrected chi connectivity index (χ3v) is 3.72. The summed E-state index contributed by atoms with van der Waals surface area (Å²) >= 11 is 0. The number of carbonyl (C=O) groups is 1. The van der Waals surface area contributed by atoms with E-state index in [0.29, 0.717) is 12.1 Å². The molecular weight excluding hydrogens is 276 g/mol. The van der Waals surface area contributed by atoms with Gasteiger partial charge in [-0.1, -0.05) is 19.1 Å². The molecule has 0 unspecified atom stereocenters. The molecule has 3 N–H and O–H groups in total. The number of nitrogens with two attached hydrogens (primary N) is 1. The second-order valence-electron chi connectivity index (χ2n) is 5.52. The molecule has 0 spiro atoms. The highest BCUT2D eigenvalue weighted by Crippen LogP contribution is 2.13. The molecule has 0 aliphatic rings. The lowest BCUT2D eigenvalue weighted by molar-refractivity contribution is 0.0953. The Labute approximate surface area is 131 Å². The van der Waals surface area contributed by atoms with Gasteiger partial charge in [0.1, 0.15) is 0 Å². The van der Waals surface area contributed by atoms with Crippen molar-refractivity contribution in [3.63, 3.8) is 0 Å². The van der Waals surface area contributed by atoms with Gasteiger partial charge in [-0.2, -0.15) is 5.10 Å². The number of aromatic nitrogens is 2. The number of nitrogens with zero attached hydrogens (tertiary/aromatic N) is 2. The van der Waals surface area contributed by atoms with Crippen LogP contribution in [-0.4, -0.2) is 22.2 Å². The third-order valence-electron chi connectivity index (χ3n) is 3.72. The van der Waals surface area contributed by atoms with Gasteiger partial charge in [0.25, 0.3) is 5.91 Å². The normalized spacial score (nSPS) is 10.7. The van der Waals surface area contributed by atoms with E-state index < -0.39 is 0 Å². The number of amides is 1. The van der Waals surface area contributed by atoms with E-state index in [1.54, 1.807) is 0 Å². The quantitative estimate of drug-likeness (QED) is 0.805. The molecule has 0 radical (unpaired) electrons. The van der Waals surface area contributed by atoms with Gasteiger partial charge in [-0.15, -0.1) is 0 Å². The summed E-state index contributed by atoms with van der Waals surface area (Å²) in [5, 5.41) is 7.41. The molecule has 5 nitrogen and oxygen atoms in total. The number of aryl methyl sites for hydroxylation is 2. The van der Waals surface area contributed by atoms with Gasteiger partial charge in [-0.3, -0.25) is 9.48 Å². The SMILES string of the molecule is CCCn1nc(C)c(C(=O)NCCc2ccc(N)cc2)c1C. The van der Waals surface area contributed by atoms with Gasteiger partial charge in [0.05, 0.1) is 11.3 Å². The van der Waals surface area contributed by atoms with Gasteiger partial charge in [0, 0.05) is 24.5 Å². The molecule has 2 aromatic rings. The van der Waals surface area contributed by atoms with Crippen LogP contribution in [0.2, 0.25) is 0 Å². The Kier molecular flexibility index (Phi) is 5.20. The third kappa shape index (κ3) is 3.67. The number of benzene rings is 1. The largest absolute Gasteiger partial charge is 0.399 e. The lowest BCUT2D eigenvalue weighted by Crippen LogP contribution is -2.26. The van der Waals surface area contributed by atoms with E-state index in [1.807, 2.05) is 42.8 Å². The monoisotopic (exact) mass is 300 g/mol. The zero-order valence-corrected chi connectivity index (χ0v) is 13.5. The van der Waals surface area contributed by atoms with Crippen LogP contribution >= 0.6 is 0 Å². The van der Waals surface area contributed by atoms with Crippen LogP contribution in [0.5, 0.6) is 0 Å². The lowest BCUT2D eigenvalue weighted by atomic mass is 10.1. The minimum Gasteiger partial charge on any atom is -0.399 e. The first-order valence-corrected chi connectivity index (χ1v) is 7.69. The standard InChI is InChI=1S/C17H24N4O/c1-4-11-21-13(3)16(12(2)20-21)17(22)19-10-9-14-5-7-15(18)8-6-14/h5-8H,4,9-11,18H2,1-3H3,(H,19,22). The number of anilines is 1. The first kappa shape index (κ1) is 16.1. The van der Waals surface area contributed by atoms with Crippen LogP contribution in [0.15, 0.2) is 24.3 Å². The lowest BCUT2D eigenvalue weighted by Gasteiger charge is -2.07. The number of nitrogens with one attached hydrogen (secondary N) is 1. The predicted octanol–water partition coefficient (Wildman–Crippen LogP) is 2.46. The topological polar surface area (TPSA) is 72.9 Å². The van der Waals surface area contributed by atoms with E-state index in [0.717, 1.165) is 42.0 Å². The van der Waals surface area contributed by atoms with Crippen molar-refractivity contribution in [2.45, 2.75) is 40.2 Å². The van der Waals surface area contributed by atoms with Gasteiger partial charge < -0.3 is 11.1 Å². The van der Waals surface area contributed by atoms with Crippen molar-refractivity contribution in [2.24, 2.45) is 0 Å². The molecule has 0 atom stereocenters. The first-order chi connectivity index (χ1) is 10.5. The zero-order chi connectivity index (χ0) is 16.1. The van der Waals surface area contributed by atoms with Crippen molar-refractivity contribution in [2.75, 3.05) is 12.3 Å². The Morgan fingerprint density at radius 1 is 1.27 bits per heavy atom. The summed E-state index contributed by atoms with van der Waals surface area (Å²) in [5.74, 6) is -0.0483. The fourth-order valence-electron chi connectivity index (χ4n) is 2.55. The average molecular weight is 300 g/mol. The molecule has 0 saturated heterocycles. The molecule has 0 bridgehead atoms. The maximum Gasteiger partial charge on any atom is 0.255 e. The fourth-order valence-corrected chi connectivity index (χ4v) is 2.55. The van der Waals surface area contributed by atoms with Crippen LogP contribution in [0.1, 0.15) is 40.7 Å². The first-order valence-electron chi connectivity index (χ1n) is 7.69. The Morgan fingerprint density at radius 2 is 1.95 bits per heavy atom. The summed E-state index contributed by atoms with van der Waals surface area (Å²) in [6.07, 6.45) is 1.79. The Bertz CT molecular complexity index is 643. The van der Waals surface area contributed by atoms with Crippen molar-refractivity contribution in [1.29, 1.82) is 0 Å². The van der Waals surface area contributed by atoms with Gasteiger partial charge in [0.2, 0.25) is 0 Å². The molecule has 0 saturated carbocycles. The van der Waals surface area contributed by atoms with Crippen LogP contribution in [0.25, 0.3) is 0 Å². The maximum atomic E-state index is 12.4. The second-order valence-corrected chi connectivity index (χ2v) is 5.52. The minimum absolute atomic E-state index is 0.0483. The second kappa shape index (κ2) is 7.11.